The third kappa shape index (κ3) is 3.51. The van der Waals surface area contributed by atoms with Gasteiger partial charge in [-0.25, -0.2) is 4.98 Å². The number of piperidine rings is 1. The molecule has 0 atom stereocenters. The quantitative estimate of drug-likeness (QED) is 0.741. The smallest absolute Gasteiger partial charge is 0.205 e. The van der Waals surface area contributed by atoms with Crippen molar-refractivity contribution in [1.82, 2.24) is 19.4 Å². The zero-order chi connectivity index (χ0) is 17.9. The molecule has 0 unspecified atom stereocenters. The zero-order valence-corrected chi connectivity index (χ0v) is 15.4. The van der Waals surface area contributed by atoms with Gasteiger partial charge in [0.1, 0.15) is 0 Å². The summed E-state index contributed by atoms with van der Waals surface area (Å²) in [4.78, 5) is 11.7. The molecule has 26 heavy (non-hydrogen) atoms. The molecular weight excluding hydrogens is 324 g/mol. The second-order valence-corrected chi connectivity index (χ2v) is 7.05. The molecule has 6 heteroatoms. The molecule has 0 aliphatic carbocycles. The summed E-state index contributed by atoms with van der Waals surface area (Å²) in [5, 5.41) is 6.86. The van der Waals surface area contributed by atoms with Crippen LogP contribution in [0, 0.1) is 0 Å². The first-order chi connectivity index (χ1) is 12.7. The number of hydrogen-bond acceptors (Lipinski definition) is 5. The summed E-state index contributed by atoms with van der Waals surface area (Å²) in [5.41, 5.74) is 4.09. The van der Waals surface area contributed by atoms with E-state index in [2.05, 4.69) is 62.5 Å². The van der Waals surface area contributed by atoms with E-state index >= 15 is 0 Å². The summed E-state index contributed by atoms with van der Waals surface area (Å²) in [6.45, 7) is 3.03. The number of nitrogens with one attached hydrogen (secondary N) is 2. The molecule has 0 bridgehead atoms. The molecule has 0 amide bonds. The van der Waals surface area contributed by atoms with Crippen molar-refractivity contribution < 1.29 is 0 Å². The average molecular weight is 350 g/mol. The molecule has 1 fully saturated rings. The molecule has 136 valence electrons. The lowest BCUT2D eigenvalue weighted by Crippen LogP contribution is -2.37. The van der Waals surface area contributed by atoms with Crippen LogP contribution < -0.4 is 10.6 Å². The molecule has 2 N–H and O–H groups in total. The van der Waals surface area contributed by atoms with Gasteiger partial charge in [-0.1, -0.05) is 30.3 Å². The minimum atomic E-state index is 0.460. The molecule has 0 saturated carbocycles. The molecule has 2 aromatic heterocycles. The Morgan fingerprint density at radius 3 is 2.65 bits per heavy atom. The highest BCUT2D eigenvalue weighted by atomic mass is 15.2. The highest BCUT2D eigenvalue weighted by Crippen LogP contribution is 2.24. The Labute approximate surface area is 154 Å². The molecular formula is C20H26N6. The summed E-state index contributed by atoms with van der Waals surface area (Å²) >= 11 is 0. The Bertz CT molecular complexity index is 865. The van der Waals surface area contributed by atoms with Crippen LogP contribution >= 0.6 is 0 Å². The van der Waals surface area contributed by atoms with E-state index in [0.717, 1.165) is 55.3 Å². The number of benzene rings is 1. The lowest BCUT2D eigenvalue weighted by atomic mass is 10.1. The third-order valence-corrected chi connectivity index (χ3v) is 5.13. The van der Waals surface area contributed by atoms with Crippen molar-refractivity contribution in [3.05, 3.63) is 48.2 Å². The summed E-state index contributed by atoms with van der Waals surface area (Å²) in [6.07, 6.45) is 4.11. The predicted molar refractivity (Wildman–Crippen MR) is 107 cm³/mol. The van der Waals surface area contributed by atoms with Crippen LogP contribution in [-0.2, 0) is 6.54 Å². The number of imidazole rings is 1. The fourth-order valence-corrected chi connectivity index (χ4v) is 3.51. The van der Waals surface area contributed by atoms with Crippen LogP contribution in [0.5, 0.6) is 0 Å². The molecule has 3 aromatic rings. The van der Waals surface area contributed by atoms with Gasteiger partial charge in [0, 0.05) is 13.1 Å². The normalized spacial score (nSPS) is 16.1. The fraction of sp³-hybridized carbons (Fsp3) is 0.400. The van der Waals surface area contributed by atoms with Gasteiger partial charge in [0.2, 0.25) is 5.95 Å². The largest absolute Gasteiger partial charge is 0.387 e. The first kappa shape index (κ1) is 16.8. The van der Waals surface area contributed by atoms with Crippen molar-refractivity contribution in [1.29, 1.82) is 0 Å². The van der Waals surface area contributed by atoms with Crippen molar-refractivity contribution in [2.24, 2.45) is 0 Å². The fourth-order valence-electron chi connectivity index (χ4n) is 3.51. The number of fused-ring (bicyclic) bond motifs is 1. The number of hydrogen-bond donors (Lipinski definition) is 2. The van der Waals surface area contributed by atoms with Gasteiger partial charge in [-0.3, -0.25) is 0 Å². The summed E-state index contributed by atoms with van der Waals surface area (Å²) < 4.78 is 2.25. The Balaban J connectivity index is 1.69. The number of anilines is 2. The third-order valence-electron chi connectivity index (χ3n) is 5.13. The molecule has 1 aliphatic rings. The maximum Gasteiger partial charge on any atom is 0.205 e. The number of aromatic nitrogens is 3. The maximum absolute atomic E-state index is 4.80. The molecule has 0 spiro atoms. The van der Waals surface area contributed by atoms with E-state index in [0.29, 0.717) is 6.04 Å². The summed E-state index contributed by atoms with van der Waals surface area (Å²) in [5.74, 6) is 0.916. The van der Waals surface area contributed by atoms with Crippen LogP contribution in [0.25, 0.3) is 11.2 Å². The second kappa shape index (κ2) is 7.33. The number of nitrogens with zero attached hydrogens (tertiary/aromatic N) is 4. The van der Waals surface area contributed by atoms with E-state index in [1.165, 1.54) is 5.56 Å². The van der Waals surface area contributed by atoms with Gasteiger partial charge in [0.25, 0.3) is 0 Å². The van der Waals surface area contributed by atoms with Crippen LogP contribution in [0.15, 0.2) is 42.6 Å². The van der Waals surface area contributed by atoms with Gasteiger partial charge >= 0.3 is 0 Å². The van der Waals surface area contributed by atoms with Crippen molar-refractivity contribution >= 4 is 22.8 Å². The van der Waals surface area contributed by atoms with Crippen molar-refractivity contribution in [2.45, 2.75) is 25.4 Å². The van der Waals surface area contributed by atoms with E-state index in [1.807, 2.05) is 19.3 Å². The molecule has 6 nitrogen and oxygen atoms in total. The van der Waals surface area contributed by atoms with Gasteiger partial charge in [-0.2, -0.15) is 4.98 Å². The molecule has 1 aromatic carbocycles. The van der Waals surface area contributed by atoms with Crippen LogP contribution in [0.3, 0.4) is 0 Å². The van der Waals surface area contributed by atoms with Crippen molar-refractivity contribution in [3.63, 3.8) is 0 Å². The number of likely N-dealkylation sites (tertiary alicyclic amines) is 1. The Morgan fingerprint density at radius 1 is 1.15 bits per heavy atom. The van der Waals surface area contributed by atoms with Gasteiger partial charge < -0.3 is 20.1 Å². The number of rotatable bonds is 5. The Morgan fingerprint density at radius 2 is 1.92 bits per heavy atom. The van der Waals surface area contributed by atoms with E-state index in [-0.39, 0.29) is 0 Å². The molecule has 4 rings (SSSR count). The second-order valence-electron chi connectivity index (χ2n) is 7.05. The van der Waals surface area contributed by atoms with Crippen LogP contribution in [0.1, 0.15) is 18.4 Å². The lowest BCUT2D eigenvalue weighted by Gasteiger charge is -2.29. The number of pyridine rings is 1. The average Bonchev–Trinajstić information content (AvgIpc) is 3.01. The molecule has 3 heterocycles. The van der Waals surface area contributed by atoms with Crippen molar-refractivity contribution in [3.8, 4) is 0 Å². The molecule has 1 saturated heterocycles. The zero-order valence-electron chi connectivity index (χ0n) is 15.4. The van der Waals surface area contributed by atoms with E-state index in [9.17, 15) is 0 Å². The predicted octanol–water partition coefficient (Wildman–Crippen LogP) is 3.03. The van der Waals surface area contributed by atoms with E-state index < -0.39 is 0 Å². The van der Waals surface area contributed by atoms with Gasteiger partial charge in [-0.05, 0) is 44.6 Å². The Hall–Kier alpha value is -2.60. The van der Waals surface area contributed by atoms with Gasteiger partial charge in [0.15, 0.2) is 5.65 Å². The van der Waals surface area contributed by atoms with Gasteiger partial charge in [-0.15, -0.1) is 0 Å². The molecule has 1 aliphatic heterocycles. The monoisotopic (exact) mass is 350 g/mol. The highest BCUT2D eigenvalue weighted by Gasteiger charge is 2.20. The Kier molecular flexibility index (Phi) is 4.75. The summed E-state index contributed by atoms with van der Waals surface area (Å²) in [6, 6.07) is 13.1. The minimum absolute atomic E-state index is 0.460. The SMILES string of the molecule is CNc1cnc2nc(NC3CCN(C)CC3)n(Cc3ccccc3)c2c1. The summed E-state index contributed by atoms with van der Waals surface area (Å²) in [7, 11) is 4.10. The standard InChI is InChI=1S/C20H26N6/c1-21-17-12-18-19(22-13-17)24-20(23-16-8-10-25(2)11-9-16)26(18)14-15-6-4-3-5-7-15/h3-7,12-13,16,21H,8-11,14H2,1-2H3,(H,22,23,24). The van der Waals surface area contributed by atoms with Crippen molar-refractivity contribution in [2.75, 3.05) is 37.8 Å². The maximum atomic E-state index is 4.80. The lowest BCUT2D eigenvalue weighted by molar-refractivity contribution is 0.263. The van der Waals surface area contributed by atoms with E-state index in [4.69, 9.17) is 4.98 Å². The van der Waals surface area contributed by atoms with Crippen LogP contribution in [0.2, 0.25) is 0 Å². The molecule has 0 radical (unpaired) electrons. The topological polar surface area (TPSA) is 58.0 Å². The first-order valence-corrected chi connectivity index (χ1v) is 9.26. The first-order valence-electron chi connectivity index (χ1n) is 9.26. The minimum Gasteiger partial charge on any atom is -0.387 e. The highest BCUT2D eigenvalue weighted by molar-refractivity contribution is 5.78. The van der Waals surface area contributed by atoms with Crippen LogP contribution in [0.4, 0.5) is 11.6 Å². The van der Waals surface area contributed by atoms with E-state index in [1.54, 1.807) is 0 Å². The van der Waals surface area contributed by atoms with Crippen LogP contribution in [-0.4, -0.2) is 52.7 Å². The van der Waals surface area contributed by atoms with Gasteiger partial charge in [0.05, 0.1) is 23.9 Å².